The first-order chi connectivity index (χ1) is 9.49. The van der Waals surface area contributed by atoms with Crippen LogP contribution in [0.2, 0.25) is 0 Å². The molecule has 1 heterocycles. The third kappa shape index (κ3) is 1.84. The minimum absolute atomic E-state index is 0.152. The van der Waals surface area contributed by atoms with E-state index in [9.17, 15) is 13.2 Å². The highest BCUT2D eigenvalue weighted by atomic mass is 32.1. The molecule has 102 valence electrons. The van der Waals surface area contributed by atoms with Gasteiger partial charge in [-0.25, -0.2) is 13.2 Å². The lowest BCUT2D eigenvalue weighted by molar-refractivity contribution is 0.535. The molecule has 0 unspecified atom stereocenters. The Bertz CT molecular complexity index is 857. The molecule has 0 saturated heterocycles. The number of para-hydroxylation sites is 1. The van der Waals surface area contributed by atoms with Crippen molar-refractivity contribution < 1.29 is 13.2 Å². The van der Waals surface area contributed by atoms with Crippen molar-refractivity contribution in [2.45, 2.75) is 6.92 Å². The molecule has 3 rings (SSSR count). The molecule has 0 saturated carbocycles. The standard InChI is InChI=1S/C14H9F3N2S/c1-7-3-2-4-11-12(7)18-14(20)19(11)13-9(16)5-8(15)6-10(13)17/h2-6H,1H3,(H,18,20). The fourth-order valence-electron chi connectivity index (χ4n) is 2.24. The van der Waals surface area contributed by atoms with E-state index in [-0.39, 0.29) is 10.5 Å². The minimum atomic E-state index is -0.999. The smallest absolute Gasteiger partial charge is 0.182 e. The van der Waals surface area contributed by atoms with Crippen molar-refractivity contribution in [3.05, 3.63) is 58.1 Å². The number of rotatable bonds is 1. The molecule has 2 nitrogen and oxygen atoms in total. The SMILES string of the molecule is Cc1cccc2c1[nH]c(=S)n2-c1c(F)cc(F)cc1F. The van der Waals surface area contributed by atoms with Crippen LogP contribution in [0, 0.1) is 29.1 Å². The first-order valence-corrected chi connectivity index (χ1v) is 6.25. The Hall–Kier alpha value is -2.08. The first-order valence-electron chi connectivity index (χ1n) is 5.84. The Morgan fingerprint density at radius 1 is 1.10 bits per heavy atom. The quantitative estimate of drug-likeness (QED) is 0.659. The number of aromatic nitrogens is 2. The van der Waals surface area contributed by atoms with Crippen molar-refractivity contribution in [1.82, 2.24) is 9.55 Å². The highest BCUT2D eigenvalue weighted by molar-refractivity contribution is 7.71. The molecule has 20 heavy (non-hydrogen) atoms. The fourth-order valence-corrected chi connectivity index (χ4v) is 2.54. The van der Waals surface area contributed by atoms with Gasteiger partial charge in [0.05, 0.1) is 11.0 Å². The van der Waals surface area contributed by atoms with Gasteiger partial charge in [0.25, 0.3) is 0 Å². The van der Waals surface area contributed by atoms with Gasteiger partial charge in [0.1, 0.15) is 11.5 Å². The summed E-state index contributed by atoms with van der Waals surface area (Å²) in [6.07, 6.45) is 0. The zero-order valence-corrected chi connectivity index (χ0v) is 11.2. The van der Waals surface area contributed by atoms with Crippen molar-refractivity contribution in [3.63, 3.8) is 0 Å². The van der Waals surface area contributed by atoms with Crippen molar-refractivity contribution >= 4 is 23.3 Å². The summed E-state index contributed by atoms with van der Waals surface area (Å²) in [6.45, 7) is 1.86. The Kier molecular flexibility index (Phi) is 2.90. The van der Waals surface area contributed by atoms with Crippen LogP contribution in [0.4, 0.5) is 13.2 Å². The lowest BCUT2D eigenvalue weighted by atomic mass is 10.2. The maximum absolute atomic E-state index is 13.9. The lowest BCUT2D eigenvalue weighted by Crippen LogP contribution is -2.02. The van der Waals surface area contributed by atoms with Gasteiger partial charge in [0.2, 0.25) is 0 Å². The fraction of sp³-hybridized carbons (Fsp3) is 0.0714. The molecular formula is C14H9F3N2S. The normalized spacial score (nSPS) is 11.2. The van der Waals surface area contributed by atoms with Gasteiger partial charge in [-0.05, 0) is 30.8 Å². The number of fused-ring (bicyclic) bond motifs is 1. The van der Waals surface area contributed by atoms with E-state index in [2.05, 4.69) is 4.98 Å². The van der Waals surface area contributed by atoms with Crippen molar-refractivity contribution in [2.24, 2.45) is 0 Å². The van der Waals surface area contributed by atoms with Crippen LogP contribution in [0.5, 0.6) is 0 Å². The number of aryl methyl sites for hydroxylation is 1. The van der Waals surface area contributed by atoms with E-state index in [1.807, 2.05) is 13.0 Å². The van der Waals surface area contributed by atoms with E-state index in [0.717, 1.165) is 5.56 Å². The van der Waals surface area contributed by atoms with Gasteiger partial charge in [0.15, 0.2) is 16.4 Å². The Morgan fingerprint density at radius 3 is 2.40 bits per heavy atom. The predicted octanol–water partition coefficient (Wildman–Crippen LogP) is 4.41. The second-order valence-electron chi connectivity index (χ2n) is 4.45. The molecule has 0 bridgehead atoms. The zero-order valence-electron chi connectivity index (χ0n) is 10.4. The van der Waals surface area contributed by atoms with Crippen LogP contribution < -0.4 is 0 Å². The van der Waals surface area contributed by atoms with Crippen molar-refractivity contribution in [1.29, 1.82) is 0 Å². The lowest BCUT2D eigenvalue weighted by Gasteiger charge is -2.08. The molecule has 0 aliphatic rings. The number of nitrogens with zero attached hydrogens (tertiary/aromatic N) is 1. The molecule has 0 fully saturated rings. The number of nitrogens with one attached hydrogen (secondary N) is 1. The zero-order chi connectivity index (χ0) is 14.4. The molecule has 0 amide bonds. The number of benzene rings is 2. The monoisotopic (exact) mass is 294 g/mol. The molecule has 1 aromatic heterocycles. The second-order valence-corrected chi connectivity index (χ2v) is 4.84. The van der Waals surface area contributed by atoms with Crippen LogP contribution in [0.1, 0.15) is 5.56 Å². The molecule has 0 radical (unpaired) electrons. The summed E-state index contributed by atoms with van der Waals surface area (Å²) in [5.74, 6) is -2.96. The van der Waals surface area contributed by atoms with Crippen molar-refractivity contribution in [3.8, 4) is 5.69 Å². The molecule has 0 atom stereocenters. The highest BCUT2D eigenvalue weighted by Gasteiger charge is 2.17. The van der Waals surface area contributed by atoms with E-state index in [1.165, 1.54) is 4.57 Å². The first kappa shape index (κ1) is 12.9. The summed E-state index contributed by atoms with van der Waals surface area (Å²) < 4.78 is 42.2. The maximum Gasteiger partial charge on any atom is 0.182 e. The second kappa shape index (κ2) is 4.49. The van der Waals surface area contributed by atoms with Gasteiger partial charge in [-0.15, -0.1) is 0 Å². The number of hydrogen-bond acceptors (Lipinski definition) is 1. The van der Waals surface area contributed by atoms with Crippen LogP contribution >= 0.6 is 12.2 Å². The number of hydrogen-bond donors (Lipinski definition) is 1. The van der Waals surface area contributed by atoms with E-state index in [1.54, 1.807) is 12.1 Å². The molecule has 2 aromatic carbocycles. The number of halogens is 3. The van der Waals surface area contributed by atoms with E-state index in [0.29, 0.717) is 23.2 Å². The van der Waals surface area contributed by atoms with Crippen LogP contribution in [0.25, 0.3) is 16.7 Å². The average Bonchev–Trinajstić information content (AvgIpc) is 2.67. The molecule has 0 aliphatic heterocycles. The van der Waals surface area contributed by atoms with Crippen LogP contribution in [-0.4, -0.2) is 9.55 Å². The Labute approximate surface area is 117 Å². The Balaban J connectivity index is 2.45. The number of H-pyrrole nitrogens is 1. The van der Waals surface area contributed by atoms with Gasteiger partial charge in [-0.2, -0.15) is 0 Å². The summed E-state index contributed by atoms with van der Waals surface area (Å²) >= 11 is 5.13. The number of imidazole rings is 1. The third-order valence-corrected chi connectivity index (χ3v) is 3.42. The Morgan fingerprint density at radius 2 is 1.75 bits per heavy atom. The summed E-state index contributed by atoms with van der Waals surface area (Å²) in [5, 5.41) is 0. The average molecular weight is 294 g/mol. The van der Waals surface area contributed by atoms with Gasteiger partial charge >= 0.3 is 0 Å². The maximum atomic E-state index is 13.9. The molecule has 0 spiro atoms. The molecule has 1 N–H and O–H groups in total. The van der Waals surface area contributed by atoms with Gasteiger partial charge in [-0.3, -0.25) is 4.57 Å². The summed E-state index contributed by atoms with van der Waals surface area (Å²) in [5.41, 5.74) is 1.75. The predicted molar refractivity (Wildman–Crippen MR) is 73.1 cm³/mol. The van der Waals surface area contributed by atoms with Crippen LogP contribution in [0.15, 0.2) is 30.3 Å². The topological polar surface area (TPSA) is 20.7 Å². The van der Waals surface area contributed by atoms with Gasteiger partial charge in [-0.1, -0.05) is 12.1 Å². The third-order valence-electron chi connectivity index (χ3n) is 3.13. The van der Waals surface area contributed by atoms with Crippen LogP contribution in [0.3, 0.4) is 0 Å². The molecular weight excluding hydrogens is 285 g/mol. The van der Waals surface area contributed by atoms with Crippen LogP contribution in [-0.2, 0) is 0 Å². The highest BCUT2D eigenvalue weighted by Crippen LogP contribution is 2.26. The van der Waals surface area contributed by atoms with E-state index >= 15 is 0 Å². The van der Waals surface area contributed by atoms with E-state index in [4.69, 9.17) is 12.2 Å². The summed E-state index contributed by atoms with van der Waals surface area (Å²) in [4.78, 5) is 2.91. The van der Waals surface area contributed by atoms with Crippen molar-refractivity contribution in [2.75, 3.05) is 0 Å². The minimum Gasteiger partial charge on any atom is -0.330 e. The summed E-state index contributed by atoms with van der Waals surface area (Å²) in [6, 6.07) is 6.58. The molecule has 3 aromatic rings. The van der Waals surface area contributed by atoms with E-state index < -0.39 is 17.5 Å². The number of aromatic amines is 1. The largest absolute Gasteiger partial charge is 0.330 e. The molecule has 0 aliphatic carbocycles. The van der Waals surface area contributed by atoms with Gasteiger partial charge < -0.3 is 4.98 Å². The summed E-state index contributed by atoms with van der Waals surface area (Å²) in [7, 11) is 0. The van der Waals surface area contributed by atoms with Gasteiger partial charge in [0, 0.05) is 12.1 Å². The molecule has 6 heteroatoms.